The number of nitrogens with zero attached hydrogens (tertiary/aromatic N) is 2. The average Bonchev–Trinajstić information content (AvgIpc) is 3.16. The van der Waals surface area contributed by atoms with Crippen LogP contribution in [0, 0.1) is 0 Å². The predicted octanol–water partition coefficient (Wildman–Crippen LogP) is 4.76. The molecule has 154 valence electrons. The highest BCUT2D eigenvalue weighted by molar-refractivity contribution is 5.73. The molecule has 2 aromatic rings. The number of rotatable bonds is 14. The normalized spacial score (nSPS) is 12.2. The lowest BCUT2D eigenvalue weighted by Crippen LogP contribution is -2.32. The highest BCUT2D eigenvalue weighted by Crippen LogP contribution is 2.19. The second-order valence-electron chi connectivity index (χ2n) is 7.44. The van der Waals surface area contributed by atoms with Crippen molar-refractivity contribution in [2.45, 2.75) is 83.6 Å². The Labute approximate surface area is 167 Å². The van der Waals surface area contributed by atoms with Gasteiger partial charge in [-0.05, 0) is 30.5 Å². The van der Waals surface area contributed by atoms with E-state index in [0.717, 1.165) is 29.8 Å². The summed E-state index contributed by atoms with van der Waals surface area (Å²) in [6, 6.07) is 6.53. The Bertz CT molecular complexity index is 697. The van der Waals surface area contributed by atoms with E-state index in [1.807, 2.05) is 24.3 Å². The number of carboxylic acids is 1. The van der Waals surface area contributed by atoms with E-state index in [1.54, 1.807) is 0 Å². The number of carboxylic acid groups (broad SMARTS) is 1. The number of carbonyl (C=O) groups is 1. The van der Waals surface area contributed by atoms with Gasteiger partial charge in [-0.2, -0.15) is 4.98 Å². The molecule has 0 aliphatic carbocycles. The quantitative estimate of drug-likeness (QED) is 0.453. The van der Waals surface area contributed by atoms with Gasteiger partial charge >= 0.3 is 5.97 Å². The second-order valence-corrected chi connectivity index (χ2v) is 7.44. The standard InChI is InChI=1S/C22H33N3O3/c1-2-3-4-5-6-7-8-9-10-11-20-24-21(28-25-20)18-14-12-17(13-15-18)16-19(23)22(26)27/h12-15,19H,2-11,16,23H2,1H3,(H,26,27). The Kier molecular flexibility index (Phi) is 9.69. The highest BCUT2D eigenvalue weighted by atomic mass is 16.5. The molecule has 0 fully saturated rings. The fourth-order valence-electron chi connectivity index (χ4n) is 3.19. The van der Waals surface area contributed by atoms with Crippen LogP contribution in [0.25, 0.3) is 11.5 Å². The van der Waals surface area contributed by atoms with E-state index < -0.39 is 12.0 Å². The van der Waals surface area contributed by atoms with Crippen molar-refractivity contribution >= 4 is 5.97 Å². The van der Waals surface area contributed by atoms with Crippen LogP contribution in [0.1, 0.15) is 76.1 Å². The molecule has 0 saturated heterocycles. The van der Waals surface area contributed by atoms with Crippen molar-refractivity contribution in [3.63, 3.8) is 0 Å². The van der Waals surface area contributed by atoms with E-state index in [1.165, 1.54) is 51.4 Å². The lowest BCUT2D eigenvalue weighted by molar-refractivity contribution is -0.138. The molecule has 1 heterocycles. The largest absolute Gasteiger partial charge is 0.480 e. The molecule has 6 nitrogen and oxygen atoms in total. The van der Waals surface area contributed by atoms with Crippen LogP contribution < -0.4 is 5.73 Å². The summed E-state index contributed by atoms with van der Waals surface area (Å²) in [5, 5.41) is 13.0. The second kappa shape index (κ2) is 12.3. The Morgan fingerprint density at radius 1 is 1.04 bits per heavy atom. The van der Waals surface area contributed by atoms with Gasteiger partial charge in [0.2, 0.25) is 0 Å². The van der Waals surface area contributed by atoms with Crippen LogP contribution in [-0.2, 0) is 17.6 Å². The Balaban J connectivity index is 1.69. The van der Waals surface area contributed by atoms with Gasteiger partial charge in [-0.1, -0.05) is 75.6 Å². The van der Waals surface area contributed by atoms with Crippen molar-refractivity contribution in [1.29, 1.82) is 0 Å². The van der Waals surface area contributed by atoms with Crippen molar-refractivity contribution in [3.05, 3.63) is 35.7 Å². The summed E-state index contributed by atoms with van der Waals surface area (Å²) in [7, 11) is 0. The number of aryl methyl sites for hydroxylation is 1. The van der Waals surface area contributed by atoms with Crippen LogP contribution in [0.3, 0.4) is 0 Å². The van der Waals surface area contributed by atoms with Gasteiger partial charge in [0.15, 0.2) is 5.82 Å². The van der Waals surface area contributed by atoms with E-state index in [9.17, 15) is 4.79 Å². The molecule has 0 aliphatic heterocycles. The first-order chi connectivity index (χ1) is 13.6. The van der Waals surface area contributed by atoms with Crippen LogP contribution in [0.5, 0.6) is 0 Å². The van der Waals surface area contributed by atoms with Crippen molar-refractivity contribution in [2.24, 2.45) is 5.73 Å². The number of benzene rings is 1. The number of nitrogens with two attached hydrogens (primary N) is 1. The first kappa shape index (κ1) is 22.1. The van der Waals surface area contributed by atoms with E-state index in [2.05, 4.69) is 17.1 Å². The molecular weight excluding hydrogens is 354 g/mol. The number of aromatic nitrogens is 2. The molecule has 0 saturated carbocycles. The van der Waals surface area contributed by atoms with Crippen molar-refractivity contribution in [1.82, 2.24) is 10.1 Å². The molecule has 0 amide bonds. The Morgan fingerprint density at radius 3 is 2.25 bits per heavy atom. The maximum Gasteiger partial charge on any atom is 0.320 e. The van der Waals surface area contributed by atoms with Crippen LogP contribution in [0.15, 0.2) is 28.8 Å². The van der Waals surface area contributed by atoms with Crippen LogP contribution >= 0.6 is 0 Å². The topological polar surface area (TPSA) is 102 Å². The SMILES string of the molecule is CCCCCCCCCCCc1noc(-c2ccc(CC(N)C(=O)O)cc2)n1. The summed E-state index contributed by atoms with van der Waals surface area (Å²) in [5.74, 6) is 0.247. The third-order valence-corrected chi connectivity index (χ3v) is 4.95. The summed E-state index contributed by atoms with van der Waals surface area (Å²) >= 11 is 0. The molecule has 1 aromatic heterocycles. The zero-order chi connectivity index (χ0) is 20.2. The molecule has 1 aromatic carbocycles. The fourth-order valence-corrected chi connectivity index (χ4v) is 3.19. The number of aliphatic carboxylic acids is 1. The average molecular weight is 388 g/mol. The first-order valence-electron chi connectivity index (χ1n) is 10.5. The van der Waals surface area contributed by atoms with Gasteiger partial charge in [-0.3, -0.25) is 4.79 Å². The molecule has 1 unspecified atom stereocenters. The first-order valence-corrected chi connectivity index (χ1v) is 10.5. The zero-order valence-electron chi connectivity index (χ0n) is 16.9. The van der Waals surface area contributed by atoms with Crippen molar-refractivity contribution < 1.29 is 14.4 Å². The third kappa shape index (κ3) is 7.80. The molecule has 2 rings (SSSR count). The lowest BCUT2D eigenvalue weighted by atomic mass is 10.0. The third-order valence-electron chi connectivity index (χ3n) is 4.95. The maximum absolute atomic E-state index is 10.8. The van der Waals surface area contributed by atoms with Crippen LogP contribution in [0.2, 0.25) is 0 Å². The van der Waals surface area contributed by atoms with Crippen LogP contribution in [-0.4, -0.2) is 27.3 Å². The predicted molar refractivity (Wildman–Crippen MR) is 110 cm³/mol. The van der Waals surface area contributed by atoms with Gasteiger partial charge in [0, 0.05) is 12.0 Å². The highest BCUT2D eigenvalue weighted by Gasteiger charge is 2.13. The lowest BCUT2D eigenvalue weighted by Gasteiger charge is -2.06. The summed E-state index contributed by atoms with van der Waals surface area (Å²) in [6.45, 7) is 2.25. The van der Waals surface area contributed by atoms with Gasteiger partial charge in [0.05, 0.1) is 0 Å². The Hall–Kier alpha value is -2.21. The molecule has 28 heavy (non-hydrogen) atoms. The minimum absolute atomic E-state index is 0.295. The van der Waals surface area contributed by atoms with E-state index in [-0.39, 0.29) is 0 Å². The molecule has 1 atom stereocenters. The number of hydrogen-bond donors (Lipinski definition) is 2. The molecule has 0 spiro atoms. The summed E-state index contributed by atoms with van der Waals surface area (Å²) in [5.41, 5.74) is 7.27. The van der Waals surface area contributed by atoms with Gasteiger partial charge in [-0.15, -0.1) is 0 Å². The monoisotopic (exact) mass is 387 g/mol. The molecule has 0 aliphatic rings. The number of unbranched alkanes of at least 4 members (excludes halogenated alkanes) is 8. The minimum Gasteiger partial charge on any atom is -0.480 e. The van der Waals surface area contributed by atoms with Crippen LogP contribution in [0.4, 0.5) is 0 Å². The van der Waals surface area contributed by atoms with E-state index in [4.69, 9.17) is 15.4 Å². The molecule has 3 N–H and O–H groups in total. The summed E-state index contributed by atoms with van der Waals surface area (Å²) in [6.07, 6.45) is 12.8. The van der Waals surface area contributed by atoms with Gasteiger partial charge in [0.1, 0.15) is 6.04 Å². The van der Waals surface area contributed by atoms with Gasteiger partial charge in [0.25, 0.3) is 5.89 Å². The summed E-state index contributed by atoms with van der Waals surface area (Å²) < 4.78 is 5.36. The zero-order valence-corrected chi connectivity index (χ0v) is 16.9. The van der Waals surface area contributed by atoms with Crippen molar-refractivity contribution in [2.75, 3.05) is 0 Å². The molecule has 6 heteroatoms. The fraction of sp³-hybridized carbons (Fsp3) is 0.591. The van der Waals surface area contributed by atoms with E-state index in [0.29, 0.717) is 12.3 Å². The molecular formula is C22H33N3O3. The molecule has 0 bridgehead atoms. The van der Waals surface area contributed by atoms with Gasteiger partial charge in [-0.25, -0.2) is 0 Å². The molecule has 0 radical (unpaired) electrons. The number of hydrogen-bond acceptors (Lipinski definition) is 5. The maximum atomic E-state index is 10.8. The summed E-state index contributed by atoms with van der Waals surface area (Å²) in [4.78, 5) is 15.3. The smallest absolute Gasteiger partial charge is 0.320 e. The van der Waals surface area contributed by atoms with E-state index >= 15 is 0 Å². The van der Waals surface area contributed by atoms with Crippen molar-refractivity contribution in [3.8, 4) is 11.5 Å². The minimum atomic E-state index is -0.998. The van der Waals surface area contributed by atoms with Gasteiger partial charge < -0.3 is 15.4 Å². The Morgan fingerprint density at radius 2 is 1.64 bits per heavy atom.